The van der Waals surface area contributed by atoms with Gasteiger partial charge in [-0.3, -0.25) is 0 Å². The predicted molar refractivity (Wildman–Crippen MR) is 57.3 cm³/mol. The Balaban J connectivity index is 1.88. The number of nitrogen functional groups attached to an aromatic ring is 1. The average Bonchev–Trinajstić information content (AvgIpc) is 2.95. The Bertz CT molecular complexity index is 486. The number of anilines is 1. The molecule has 2 aromatic rings. The third-order valence-electron chi connectivity index (χ3n) is 2.56. The van der Waals surface area contributed by atoms with E-state index in [0.29, 0.717) is 11.9 Å². The second-order valence-corrected chi connectivity index (χ2v) is 3.90. The van der Waals surface area contributed by atoms with E-state index >= 15 is 0 Å². The highest BCUT2D eigenvalue weighted by atomic mass is 15.3. The summed E-state index contributed by atoms with van der Waals surface area (Å²) in [4.78, 5) is 4.38. The van der Waals surface area contributed by atoms with Crippen LogP contribution in [0.25, 0.3) is 5.65 Å². The molecule has 0 saturated heterocycles. The largest absolute Gasteiger partial charge is 0.384 e. The van der Waals surface area contributed by atoms with Crippen LogP contribution >= 0.6 is 0 Å². The third kappa shape index (κ3) is 1.66. The molecule has 1 fully saturated rings. The van der Waals surface area contributed by atoms with Gasteiger partial charge in [0.1, 0.15) is 5.82 Å². The van der Waals surface area contributed by atoms with Crippen LogP contribution in [0.15, 0.2) is 18.2 Å². The molecule has 5 nitrogen and oxygen atoms in total. The van der Waals surface area contributed by atoms with Gasteiger partial charge in [0.15, 0.2) is 11.5 Å². The zero-order valence-electron chi connectivity index (χ0n) is 8.35. The Kier molecular flexibility index (Phi) is 1.85. The molecule has 0 spiro atoms. The molecule has 1 aliphatic rings. The number of hydrogen-bond donors (Lipinski definition) is 2. The molecular formula is C10H13N5. The Morgan fingerprint density at radius 3 is 3.07 bits per heavy atom. The van der Waals surface area contributed by atoms with Gasteiger partial charge in [0.2, 0.25) is 0 Å². The summed E-state index contributed by atoms with van der Waals surface area (Å²) >= 11 is 0. The summed E-state index contributed by atoms with van der Waals surface area (Å²) in [7, 11) is 0. The molecule has 0 unspecified atom stereocenters. The van der Waals surface area contributed by atoms with E-state index < -0.39 is 0 Å². The molecule has 2 aromatic heterocycles. The number of hydrogen-bond acceptors (Lipinski definition) is 4. The number of pyridine rings is 1. The van der Waals surface area contributed by atoms with Gasteiger partial charge < -0.3 is 11.1 Å². The standard InChI is InChI=1S/C10H13N5/c11-8-2-1-3-10-13-9(14-15(8)10)6-12-7-4-5-7/h1-3,7,12H,4-6,11H2. The highest BCUT2D eigenvalue weighted by Gasteiger charge is 2.20. The zero-order chi connectivity index (χ0) is 10.3. The lowest BCUT2D eigenvalue weighted by atomic mass is 10.4. The minimum atomic E-state index is 0.623. The molecule has 78 valence electrons. The fourth-order valence-electron chi connectivity index (χ4n) is 1.57. The van der Waals surface area contributed by atoms with E-state index in [1.165, 1.54) is 12.8 Å². The summed E-state index contributed by atoms with van der Waals surface area (Å²) < 4.78 is 1.67. The smallest absolute Gasteiger partial charge is 0.165 e. The molecule has 1 saturated carbocycles. The quantitative estimate of drug-likeness (QED) is 0.765. The minimum Gasteiger partial charge on any atom is -0.384 e. The van der Waals surface area contributed by atoms with Crippen molar-refractivity contribution < 1.29 is 0 Å². The van der Waals surface area contributed by atoms with E-state index in [4.69, 9.17) is 5.73 Å². The molecule has 0 atom stereocenters. The van der Waals surface area contributed by atoms with Crippen molar-refractivity contribution in [2.24, 2.45) is 0 Å². The molecule has 0 amide bonds. The number of nitrogens with one attached hydrogen (secondary N) is 1. The topological polar surface area (TPSA) is 68.2 Å². The molecule has 3 N–H and O–H groups in total. The van der Waals surface area contributed by atoms with Crippen molar-refractivity contribution in [2.75, 3.05) is 5.73 Å². The van der Waals surface area contributed by atoms with Crippen LogP contribution in [0.3, 0.4) is 0 Å². The van der Waals surface area contributed by atoms with Gasteiger partial charge in [-0.2, -0.15) is 4.52 Å². The van der Waals surface area contributed by atoms with Crippen LogP contribution in [0.1, 0.15) is 18.7 Å². The highest BCUT2D eigenvalue weighted by molar-refractivity contribution is 5.45. The first kappa shape index (κ1) is 8.67. The monoisotopic (exact) mass is 203 g/mol. The van der Waals surface area contributed by atoms with E-state index in [0.717, 1.165) is 18.0 Å². The summed E-state index contributed by atoms with van der Waals surface area (Å²) in [5, 5.41) is 7.70. The van der Waals surface area contributed by atoms with Crippen molar-refractivity contribution >= 4 is 11.5 Å². The van der Waals surface area contributed by atoms with Crippen molar-refractivity contribution in [3.8, 4) is 0 Å². The SMILES string of the molecule is Nc1cccc2nc(CNC3CC3)nn12. The van der Waals surface area contributed by atoms with Crippen LogP contribution in [0.2, 0.25) is 0 Å². The molecule has 3 rings (SSSR count). The van der Waals surface area contributed by atoms with E-state index in [1.807, 2.05) is 18.2 Å². The molecule has 1 aliphatic carbocycles. The van der Waals surface area contributed by atoms with Gasteiger partial charge in [-0.1, -0.05) is 6.07 Å². The van der Waals surface area contributed by atoms with Gasteiger partial charge in [-0.05, 0) is 25.0 Å². The van der Waals surface area contributed by atoms with E-state index in [2.05, 4.69) is 15.4 Å². The summed E-state index contributed by atoms with van der Waals surface area (Å²) in [6.45, 7) is 0.728. The van der Waals surface area contributed by atoms with Crippen molar-refractivity contribution in [1.29, 1.82) is 0 Å². The molecule has 2 heterocycles. The van der Waals surface area contributed by atoms with Gasteiger partial charge in [-0.25, -0.2) is 4.98 Å². The number of nitrogens with zero attached hydrogens (tertiary/aromatic N) is 3. The van der Waals surface area contributed by atoms with Crippen LogP contribution in [-0.4, -0.2) is 20.6 Å². The van der Waals surface area contributed by atoms with Crippen LogP contribution in [-0.2, 0) is 6.54 Å². The lowest BCUT2D eigenvalue weighted by Crippen LogP contribution is -2.16. The van der Waals surface area contributed by atoms with E-state index in [-0.39, 0.29) is 0 Å². The predicted octanol–water partition coefficient (Wildman–Crippen LogP) is 0.563. The molecule has 0 aliphatic heterocycles. The number of fused-ring (bicyclic) bond motifs is 1. The fourth-order valence-corrected chi connectivity index (χ4v) is 1.57. The third-order valence-corrected chi connectivity index (χ3v) is 2.56. The molecule has 0 aromatic carbocycles. The Morgan fingerprint density at radius 1 is 1.47 bits per heavy atom. The summed E-state index contributed by atoms with van der Waals surface area (Å²) in [6.07, 6.45) is 2.55. The molecule has 0 bridgehead atoms. The molecule has 0 radical (unpaired) electrons. The summed E-state index contributed by atoms with van der Waals surface area (Å²) in [5.74, 6) is 1.43. The minimum absolute atomic E-state index is 0.623. The van der Waals surface area contributed by atoms with Crippen LogP contribution in [0.4, 0.5) is 5.82 Å². The zero-order valence-corrected chi connectivity index (χ0v) is 8.35. The van der Waals surface area contributed by atoms with Gasteiger partial charge >= 0.3 is 0 Å². The van der Waals surface area contributed by atoms with Gasteiger partial charge in [0, 0.05) is 6.04 Å². The average molecular weight is 203 g/mol. The Hall–Kier alpha value is -1.62. The van der Waals surface area contributed by atoms with Crippen LogP contribution in [0.5, 0.6) is 0 Å². The number of nitrogens with two attached hydrogens (primary N) is 1. The fraction of sp³-hybridized carbons (Fsp3) is 0.400. The number of aromatic nitrogens is 3. The van der Waals surface area contributed by atoms with Crippen molar-refractivity contribution in [1.82, 2.24) is 19.9 Å². The van der Waals surface area contributed by atoms with E-state index in [1.54, 1.807) is 4.52 Å². The normalized spacial score (nSPS) is 16.0. The number of rotatable bonds is 3. The maximum absolute atomic E-state index is 5.78. The maximum atomic E-state index is 5.78. The van der Waals surface area contributed by atoms with Crippen molar-refractivity contribution in [3.05, 3.63) is 24.0 Å². The lowest BCUT2D eigenvalue weighted by molar-refractivity contribution is 0.657. The van der Waals surface area contributed by atoms with Gasteiger partial charge in [0.05, 0.1) is 6.54 Å². The lowest BCUT2D eigenvalue weighted by Gasteiger charge is -1.96. The van der Waals surface area contributed by atoms with Crippen LogP contribution < -0.4 is 11.1 Å². The second-order valence-electron chi connectivity index (χ2n) is 3.90. The van der Waals surface area contributed by atoms with Crippen molar-refractivity contribution in [2.45, 2.75) is 25.4 Å². The molecule has 5 heteroatoms. The second kappa shape index (κ2) is 3.20. The summed E-state index contributed by atoms with van der Waals surface area (Å²) in [5.41, 5.74) is 6.59. The first-order valence-corrected chi connectivity index (χ1v) is 5.16. The maximum Gasteiger partial charge on any atom is 0.165 e. The van der Waals surface area contributed by atoms with E-state index in [9.17, 15) is 0 Å². The Morgan fingerprint density at radius 2 is 2.33 bits per heavy atom. The molecule has 15 heavy (non-hydrogen) atoms. The molecular weight excluding hydrogens is 190 g/mol. The first-order valence-electron chi connectivity index (χ1n) is 5.16. The van der Waals surface area contributed by atoms with Crippen LogP contribution in [0, 0.1) is 0 Å². The highest BCUT2D eigenvalue weighted by Crippen LogP contribution is 2.19. The van der Waals surface area contributed by atoms with Gasteiger partial charge in [-0.15, -0.1) is 5.10 Å². The van der Waals surface area contributed by atoms with Gasteiger partial charge in [0.25, 0.3) is 0 Å². The van der Waals surface area contributed by atoms with Crippen molar-refractivity contribution in [3.63, 3.8) is 0 Å². The summed E-state index contributed by atoms with van der Waals surface area (Å²) in [6, 6.07) is 6.29. The first-order chi connectivity index (χ1) is 7.33. The Labute approximate surface area is 87.3 Å².